The smallest absolute Gasteiger partial charge is 0.306 e. The van der Waals surface area contributed by atoms with Crippen LogP contribution in [-0.2, 0) is 9.53 Å². The maximum atomic E-state index is 11.9. The first-order chi connectivity index (χ1) is 13.2. The van der Waals surface area contributed by atoms with Crippen LogP contribution in [0.5, 0.6) is 0 Å². The number of rotatable bonds is 21. The van der Waals surface area contributed by atoms with Gasteiger partial charge in [-0.2, -0.15) is 0 Å². The first-order valence-corrected chi connectivity index (χ1v) is 12.4. The van der Waals surface area contributed by atoms with Gasteiger partial charge in [-0.3, -0.25) is 4.79 Å². The van der Waals surface area contributed by atoms with Crippen LogP contribution in [0.4, 0.5) is 0 Å². The quantitative estimate of drug-likeness (QED) is 0.146. The van der Waals surface area contributed by atoms with Crippen LogP contribution < -0.4 is 0 Å². The van der Waals surface area contributed by atoms with Gasteiger partial charge in [0.05, 0.1) is 0 Å². The van der Waals surface area contributed by atoms with E-state index in [1.807, 2.05) is 0 Å². The van der Waals surface area contributed by atoms with Crippen LogP contribution in [0.2, 0.25) is 0 Å². The predicted octanol–water partition coefficient (Wildman–Crippen LogP) is 8.76. The molecule has 0 aromatic heterocycles. The first-order valence-electron chi connectivity index (χ1n) is 12.4. The molecule has 0 spiro atoms. The Morgan fingerprint density at radius 3 is 1.44 bits per heavy atom. The summed E-state index contributed by atoms with van der Waals surface area (Å²) in [6, 6.07) is 0. The summed E-state index contributed by atoms with van der Waals surface area (Å²) in [7, 11) is 0. The monoisotopic (exact) mass is 382 g/mol. The van der Waals surface area contributed by atoms with Crippen LogP contribution in [0.3, 0.4) is 0 Å². The van der Waals surface area contributed by atoms with Gasteiger partial charge in [-0.1, -0.05) is 117 Å². The Hall–Kier alpha value is -0.530. The summed E-state index contributed by atoms with van der Waals surface area (Å²) in [5.41, 5.74) is 0. The van der Waals surface area contributed by atoms with Crippen molar-refractivity contribution in [2.24, 2.45) is 0 Å². The molecule has 1 atom stereocenters. The Balaban J connectivity index is 3.39. The summed E-state index contributed by atoms with van der Waals surface area (Å²) >= 11 is 0. The molecule has 162 valence electrons. The summed E-state index contributed by atoms with van der Waals surface area (Å²) in [6.07, 6.45) is 25.3. The summed E-state index contributed by atoms with van der Waals surface area (Å²) in [4.78, 5) is 11.9. The van der Waals surface area contributed by atoms with Crippen molar-refractivity contribution in [2.45, 2.75) is 155 Å². The second kappa shape index (κ2) is 21.8. The number of esters is 1. The van der Waals surface area contributed by atoms with Crippen LogP contribution in [0.15, 0.2) is 0 Å². The Bertz CT molecular complexity index is 301. The van der Waals surface area contributed by atoms with E-state index in [0.717, 1.165) is 25.7 Å². The molecule has 0 radical (unpaired) electrons. The minimum absolute atomic E-state index is 0.0210. The van der Waals surface area contributed by atoms with Crippen LogP contribution in [0.1, 0.15) is 149 Å². The predicted molar refractivity (Wildman–Crippen MR) is 119 cm³/mol. The molecule has 0 aliphatic carbocycles. The maximum absolute atomic E-state index is 11.9. The molecule has 0 heterocycles. The first kappa shape index (κ1) is 26.5. The minimum atomic E-state index is 0.0210. The van der Waals surface area contributed by atoms with Crippen molar-refractivity contribution < 1.29 is 9.53 Å². The third-order valence-electron chi connectivity index (χ3n) is 5.62. The molecule has 0 fully saturated rings. The average Bonchev–Trinajstić information content (AvgIpc) is 2.68. The summed E-state index contributed by atoms with van der Waals surface area (Å²) in [5, 5.41) is 0. The SMILES string of the molecule is CCCCCCCCCCCCCCC[C@@H](CC)OC(=O)CCCCCC. The lowest BCUT2D eigenvalue weighted by molar-refractivity contribution is -0.149. The Labute approximate surface area is 171 Å². The second-order valence-corrected chi connectivity index (χ2v) is 8.36. The zero-order valence-electron chi connectivity index (χ0n) is 19.0. The van der Waals surface area contributed by atoms with E-state index in [9.17, 15) is 4.79 Å². The van der Waals surface area contributed by atoms with E-state index in [2.05, 4.69) is 20.8 Å². The van der Waals surface area contributed by atoms with Gasteiger partial charge in [0.25, 0.3) is 0 Å². The highest BCUT2D eigenvalue weighted by molar-refractivity contribution is 5.69. The van der Waals surface area contributed by atoms with Crippen molar-refractivity contribution in [3.8, 4) is 0 Å². The molecule has 0 N–H and O–H groups in total. The van der Waals surface area contributed by atoms with Gasteiger partial charge in [0.1, 0.15) is 6.10 Å². The zero-order chi connectivity index (χ0) is 20.0. The van der Waals surface area contributed by atoms with Gasteiger partial charge in [-0.15, -0.1) is 0 Å². The number of unbranched alkanes of at least 4 members (excludes halogenated alkanes) is 15. The molecule has 0 bridgehead atoms. The summed E-state index contributed by atoms with van der Waals surface area (Å²) in [5.74, 6) is 0.0210. The molecule has 2 nitrogen and oxygen atoms in total. The standard InChI is InChI=1S/C25H50O2/c1-4-7-9-11-12-13-14-15-16-17-18-19-20-22-24(6-3)27-25(26)23-21-10-8-5-2/h24H,4-23H2,1-3H3/t24-/m1/s1. The zero-order valence-corrected chi connectivity index (χ0v) is 19.0. The molecule has 0 rings (SSSR count). The van der Waals surface area contributed by atoms with Crippen molar-refractivity contribution in [3.63, 3.8) is 0 Å². The molecular formula is C25H50O2. The highest BCUT2D eigenvalue weighted by Gasteiger charge is 2.11. The van der Waals surface area contributed by atoms with Gasteiger partial charge in [0.2, 0.25) is 0 Å². The van der Waals surface area contributed by atoms with E-state index in [1.54, 1.807) is 0 Å². The summed E-state index contributed by atoms with van der Waals surface area (Å²) < 4.78 is 5.65. The fraction of sp³-hybridized carbons (Fsp3) is 0.960. The molecule has 0 unspecified atom stereocenters. The van der Waals surface area contributed by atoms with Crippen molar-refractivity contribution in [1.82, 2.24) is 0 Å². The Morgan fingerprint density at radius 1 is 0.593 bits per heavy atom. The van der Waals surface area contributed by atoms with Gasteiger partial charge in [0.15, 0.2) is 0 Å². The number of hydrogen-bond donors (Lipinski definition) is 0. The van der Waals surface area contributed by atoms with Crippen LogP contribution >= 0.6 is 0 Å². The number of carbonyl (C=O) groups excluding carboxylic acids is 1. The third kappa shape index (κ3) is 20.0. The van der Waals surface area contributed by atoms with E-state index in [4.69, 9.17) is 4.74 Å². The highest BCUT2D eigenvalue weighted by atomic mass is 16.5. The van der Waals surface area contributed by atoms with Gasteiger partial charge in [-0.05, 0) is 25.7 Å². The lowest BCUT2D eigenvalue weighted by Gasteiger charge is -2.16. The minimum Gasteiger partial charge on any atom is -0.462 e. The van der Waals surface area contributed by atoms with Crippen LogP contribution in [0, 0.1) is 0 Å². The maximum Gasteiger partial charge on any atom is 0.306 e. The molecule has 2 heteroatoms. The highest BCUT2D eigenvalue weighted by Crippen LogP contribution is 2.15. The molecule has 0 amide bonds. The number of ether oxygens (including phenoxy) is 1. The van der Waals surface area contributed by atoms with Gasteiger partial charge < -0.3 is 4.74 Å². The van der Waals surface area contributed by atoms with Gasteiger partial charge in [-0.25, -0.2) is 0 Å². The third-order valence-corrected chi connectivity index (χ3v) is 5.62. The van der Waals surface area contributed by atoms with Crippen molar-refractivity contribution in [3.05, 3.63) is 0 Å². The number of carbonyl (C=O) groups is 1. The molecule has 27 heavy (non-hydrogen) atoms. The Morgan fingerprint density at radius 2 is 1.00 bits per heavy atom. The molecule has 0 saturated heterocycles. The van der Waals surface area contributed by atoms with Crippen molar-refractivity contribution >= 4 is 5.97 Å². The second-order valence-electron chi connectivity index (χ2n) is 8.36. The fourth-order valence-electron chi connectivity index (χ4n) is 3.68. The topological polar surface area (TPSA) is 26.3 Å². The fourth-order valence-corrected chi connectivity index (χ4v) is 3.68. The molecular weight excluding hydrogens is 332 g/mol. The lowest BCUT2D eigenvalue weighted by atomic mass is 10.0. The Kier molecular flexibility index (Phi) is 21.3. The molecule has 0 aromatic rings. The van der Waals surface area contributed by atoms with E-state index < -0.39 is 0 Å². The molecule has 0 aliphatic heterocycles. The molecule has 0 aromatic carbocycles. The van der Waals surface area contributed by atoms with Crippen molar-refractivity contribution in [2.75, 3.05) is 0 Å². The van der Waals surface area contributed by atoms with E-state index >= 15 is 0 Å². The largest absolute Gasteiger partial charge is 0.462 e. The lowest BCUT2D eigenvalue weighted by Crippen LogP contribution is -2.17. The summed E-state index contributed by atoms with van der Waals surface area (Å²) in [6.45, 7) is 6.61. The van der Waals surface area contributed by atoms with Crippen LogP contribution in [0.25, 0.3) is 0 Å². The van der Waals surface area contributed by atoms with Crippen LogP contribution in [-0.4, -0.2) is 12.1 Å². The molecule has 0 aliphatic rings. The van der Waals surface area contributed by atoms with Gasteiger partial charge in [0, 0.05) is 6.42 Å². The molecule has 0 saturated carbocycles. The number of hydrogen-bond acceptors (Lipinski definition) is 2. The van der Waals surface area contributed by atoms with E-state index in [0.29, 0.717) is 6.42 Å². The van der Waals surface area contributed by atoms with E-state index in [-0.39, 0.29) is 12.1 Å². The van der Waals surface area contributed by atoms with Gasteiger partial charge >= 0.3 is 5.97 Å². The average molecular weight is 383 g/mol. The van der Waals surface area contributed by atoms with Crippen molar-refractivity contribution in [1.29, 1.82) is 0 Å². The normalized spacial score (nSPS) is 12.3. The van der Waals surface area contributed by atoms with E-state index in [1.165, 1.54) is 96.3 Å².